The van der Waals surface area contributed by atoms with Crippen LogP contribution in [0.15, 0.2) is 71.6 Å². The van der Waals surface area contributed by atoms with E-state index in [1.807, 2.05) is 6.07 Å². The van der Waals surface area contributed by atoms with Crippen LogP contribution in [0.1, 0.15) is 31.4 Å². The van der Waals surface area contributed by atoms with Crippen LogP contribution in [0.2, 0.25) is 5.02 Å². The molecule has 0 spiro atoms. The predicted octanol–water partition coefficient (Wildman–Crippen LogP) is 4.70. The first kappa shape index (κ1) is 32.4. The van der Waals surface area contributed by atoms with Crippen molar-refractivity contribution in [1.29, 1.82) is 0 Å². The molecule has 2 amide bonds. The van der Waals surface area contributed by atoms with E-state index in [4.69, 9.17) is 16.3 Å². The van der Waals surface area contributed by atoms with Crippen LogP contribution in [0, 0.1) is 17.0 Å². The number of likely N-dealkylation sites (N-methyl/N-ethyl adjacent to an activating group) is 1. The second-order valence-corrected chi connectivity index (χ2v) is 11.7. The Kier molecular flexibility index (Phi) is 10.9. The number of rotatable bonds is 13. The van der Waals surface area contributed by atoms with Gasteiger partial charge in [-0.15, -0.1) is 0 Å². The van der Waals surface area contributed by atoms with Gasteiger partial charge in [0, 0.05) is 29.7 Å². The fourth-order valence-electron chi connectivity index (χ4n) is 4.44. The number of methoxy groups -OCH3 is 1. The van der Waals surface area contributed by atoms with Crippen LogP contribution >= 0.6 is 11.6 Å². The highest BCUT2D eigenvalue weighted by atomic mass is 35.5. The number of nitro benzene ring substituents is 1. The molecule has 0 aliphatic heterocycles. The van der Waals surface area contributed by atoms with Crippen molar-refractivity contribution in [3.8, 4) is 5.75 Å². The first-order valence-corrected chi connectivity index (χ1v) is 15.0. The van der Waals surface area contributed by atoms with Crippen molar-refractivity contribution in [3.63, 3.8) is 0 Å². The van der Waals surface area contributed by atoms with E-state index in [9.17, 15) is 28.1 Å². The summed E-state index contributed by atoms with van der Waals surface area (Å²) in [6.07, 6.45) is 0.266. The van der Waals surface area contributed by atoms with Crippen LogP contribution in [-0.2, 0) is 26.2 Å². The molecule has 1 unspecified atom stereocenters. The lowest BCUT2D eigenvalue weighted by Gasteiger charge is -2.33. The van der Waals surface area contributed by atoms with E-state index < -0.39 is 44.0 Å². The third kappa shape index (κ3) is 7.37. The molecule has 1 atom stereocenters. The smallest absolute Gasteiger partial charge is 0.273 e. The Morgan fingerprint density at radius 2 is 1.76 bits per heavy atom. The van der Waals surface area contributed by atoms with Gasteiger partial charge in [0.15, 0.2) is 0 Å². The van der Waals surface area contributed by atoms with E-state index in [0.29, 0.717) is 6.54 Å². The van der Waals surface area contributed by atoms with Gasteiger partial charge in [0.2, 0.25) is 11.8 Å². The number of ether oxygens (including phenoxy) is 1. The normalized spacial score (nSPS) is 11.8. The number of anilines is 1. The van der Waals surface area contributed by atoms with Gasteiger partial charge < -0.3 is 15.0 Å². The Labute approximate surface area is 250 Å². The van der Waals surface area contributed by atoms with E-state index in [1.54, 1.807) is 38.1 Å². The molecule has 0 saturated carbocycles. The SMILES string of the molecule is CCNC(=O)C(CC)N(Cc1ccccc1)C(=O)CN(c1cc(Cl)ccc1OC)S(=O)(=O)c1ccc(C)c([N+](=O)[O-])c1. The van der Waals surface area contributed by atoms with Crippen molar-refractivity contribution in [2.75, 3.05) is 24.5 Å². The zero-order valence-electron chi connectivity index (χ0n) is 23.7. The van der Waals surface area contributed by atoms with E-state index in [-0.39, 0.29) is 40.9 Å². The van der Waals surface area contributed by atoms with Crippen LogP contribution in [0.3, 0.4) is 0 Å². The maximum Gasteiger partial charge on any atom is 0.273 e. The van der Waals surface area contributed by atoms with Gasteiger partial charge in [0.25, 0.3) is 15.7 Å². The lowest BCUT2D eigenvalue weighted by Crippen LogP contribution is -2.52. The second-order valence-electron chi connectivity index (χ2n) is 9.36. The van der Waals surface area contributed by atoms with Crippen molar-refractivity contribution < 1.29 is 27.7 Å². The summed E-state index contributed by atoms with van der Waals surface area (Å²) in [5.74, 6) is -0.958. The number of benzene rings is 3. The third-order valence-corrected chi connectivity index (χ3v) is 8.58. The summed E-state index contributed by atoms with van der Waals surface area (Å²) >= 11 is 6.24. The number of hydrogen-bond acceptors (Lipinski definition) is 7. The molecule has 0 aliphatic carbocycles. The van der Waals surface area contributed by atoms with Gasteiger partial charge in [-0.05, 0) is 50.1 Å². The average Bonchev–Trinajstić information content (AvgIpc) is 2.96. The first-order chi connectivity index (χ1) is 19.9. The quantitative estimate of drug-likeness (QED) is 0.217. The molecule has 0 saturated heterocycles. The summed E-state index contributed by atoms with van der Waals surface area (Å²) in [5, 5.41) is 14.5. The summed E-state index contributed by atoms with van der Waals surface area (Å²) in [6, 6.07) is 15.9. The third-order valence-electron chi connectivity index (χ3n) is 6.59. The fraction of sp³-hybridized carbons (Fsp3) is 0.310. The van der Waals surface area contributed by atoms with Crippen LogP contribution in [-0.4, -0.2) is 56.3 Å². The number of sulfonamides is 1. The monoisotopic (exact) mass is 616 g/mol. The Morgan fingerprint density at radius 1 is 1.07 bits per heavy atom. The molecule has 0 heterocycles. The Morgan fingerprint density at radius 3 is 2.36 bits per heavy atom. The molecule has 0 fully saturated rings. The highest BCUT2D eigenvalue weighted by molar-refractivity contribution is 7.92. The number of nitro groups is 1. The Bertz CT molecular complexity index is 1550. The molecular weight excluding hydrogens is 584 g/mol. The molecular formula is C29H33ClN4O7S. The van der Waals surface area contributed by atoms with Crippen molar-refractivity contribution in [1.82, 2.24) is 10.2 Å². The van der Waals surface area contributed by atoms with Crippen LogP contribution in [0.4, 0.5) is 11.4 Å². The minimum absolute atomic E-state index is 0.0336. The van der Waals surface area contributed by atoms with Crippen molar-refractivity contribution in [3.05, 3.63) is 93.0 Å². The molecule has 0 aromatic heterocycles. The molecule has 0 bridgehead atoms. The zero-order chi connectivity index (χ0) is 31.0. The predicted molar refractivity (Wildman–Crippen MR) is 160 cm³/mol. The maximum absolute atomic E-state index is 14.1. The van der Waals surface area contributed by atoms with Gasteiger partial charge in [-0.3, -0.25) is 24.0 Å². The summed E-state index contributed by atoms with van der Waals surface area (Å²) < 4.78 is 34.5. The van der Waals surface area contributed by atoms with E-state index >= 15 is 0 Å². The number of nitrogens with one attached hydrogen (secondary N) is 1. The topological polar surface area (TPSA) is 139 Å². The number of carbonyl (C=O) groups excluding carboxylic acids is 2. The van der Waals surface area contributed by atoms with Gasteiger partial charge in [-0.2, -0.15) is 0 Å². The van der Waals surface area contributed by atoms with Gasteiger partial charge in [0.05, 0.1) is 22.6 Å². The Hall–Kier alpha value is -4.16. The molecule has 3 aromatic rings. The first-order valence-electron chi connectivity index (χ1n) is 13.2. The fourth-order valence-corrected chi connectivity index (χ4v) is 6.04. The second kappa shape index (κ2) is 14.1. The van der Waals surface area contributed by atoms with Crippen molar-refractivity contribution in [2.24, 2.45) is 0 Å². The lowest BCUT2D eigenvalue weighted by molar-refractivity contribution is -0.385. The summed E-state index contributed by atoms with van der Waals surface area (Å²) in [5.41, 5.74) is 0.557. The van der Waals surface area contributed by atoms with E-state index in [0.717, 1.165) is 15.9 Å². The summed E-state index contributed by atoms with van der Waals surface area (Å²) in [6.45, 7) is 4.63. The zero-order valence-corrected chi connectivity index (χ0v) is 25.3. The molecule has 42 heavy (non-hydrogen) atoms. The molecule has 3 aromatic carbocycles. The van der Waals surface area contributed by atoms with Gasteiger partial charge in [-0.25, -0.2) is 8.42 Å². The Balaban J connectivity index is 2.18. The van der Waals surface area contributed by atoms with E-state index in [2.05, 4.69) is 5.32 Å². The maximum atomic E-state index is 14.1. The van der Waals surface area contributed by atoms with Gasteiger partial charge >= 0.3 is 0 Å². The van der Waals surface area contributed by atoms with Crippen LogP contribution < -0.4 is 14.4 Å². The number of aryl methyl sites for hydroxylation is 1. The van der Waals surface area contributed by atoms with E-state index in [1.165, 1.54) is 49.3 Å². The minimum atomic E-state index is -4.60. The molecule has 1 N–H and O–H groups in total. The van der Waals surface area contributed by atoms with Gasteiger partial charge in [-0.1, -0.05) is 54.9 Å². The highest BCUT2D eigenvalue weighted by Crippen LogP contribution is 2.36. The summed E-state index contributed by atoms with van der Waals surface area (Å²) in [4.78, 5) is 39.0. The van der Waals surface area contributed by atoms with Crippen molar-refractivity contribution in [2.45, 2.75) is 44.7 Å². The molecule has 224 valence electrons. The molecule has 0 aliphatic rings. The standard InChI is InChI=1S/C29H33ClN4O7S/c1-5-24(29(36)31-6-2)32(18-21-10-8-7-9-11-21)28(35)19-33(26-16-22(30)13-15-27(26)41-4)42(39,40)23-14-12-20(3)25(17-23)34(37)38/h7-17,24H,5-6,18-19H2,1-4H3,(H,31,36). The average molecular weight is 617 g/mol. The minimum Gasteiger partial charge on any atom is -0.495 e. The largest absolute Gasteiger partial charge is 0.495 e. The van der Waals surface area contributed by atoms with Crippen molar-refractivity contribution >= 4 is 44.8 Å². The number of hydrogen-bond donors (Lipinski definition) is 1. The number of carbonyl (C=O) groups is 2. The number of amides is 2. The summed E-state index contributed by atoms with van der Waals surface area (Å²) in [7, 11) is -3.27. The highest BCUT2D eigenvalue weighted by Gasteiger charge is 2.35. The molecule has 13 heteroatoms. The van der Waals surface area contributed by atoms with Gasteiger partial charge in [0.1, 0.15) is 18.3 Å². The molecule has 0 radical (unpaired) electrons. The lowest BCUT2D eigenvalue weighted by atomic mass is 10.1. The molecule has 3 rings (SSSR count). The number of halogens is 1. The number of nitrogens with zero attached hydrogens (tertiary/aromatic N) is 3. The molecule has 11 nitrogen and oxygen atoms in total. The van der Waals surface area contributed by atoms with Crippen LogP contribution in [0.5, 0.6) is 5.75 Å². The van der Waals surface area contributed by atoms with Crippen LogP contribution in [0.25, 0.3) is 0 Å².